The average Bonchev–Trinajstić information content (AvgIpc) is 2.96. The number of nitrogens with one attached hydrogen (secondary N) is 1. The molecule has 1 aliphatic carbocycles. The van der Waals surface area contributed by atoms with E-state index in [-0.39, 0.29) is 5.41 Å². The van der Waals surface area contributed by atoms with Crippen molar-refractivity contribution in [1.82, 2.24) is 20.3 Å². The Hall–Kier alpha value is -2.19. The second-order valence-corrected chi connectivity index (χ2v) is 5.29. The molecule has 20 heavy (non-hydrogen) atoms. The van der Waals surface area contributed by atoms with Gasteiger partial charge in [0.2, 0.25) is 0 Å². The summed E-state index contributed by atoms with van der Waals surface area (Å²) >= 11 is 0. The number of nitriles is 1. The Labute approximate surface area is 118 Å². The average molecular weight is 267 g/mol. The number of benzene rings is 1. The van der Waals surface area contributed by atoms with E-state index in [4.69, 9.17) is 0 Å². The van der Waals surface area contributed by atoms with Crippen LogP contribution in [0.3, 0.4) is 0 Å². The molecular formula is C15H17N5. The molecule has 3 rings (SSSR count). The molecule has 102 valence electrons. The standard InChI is InChI=1S/C15H17N5/c16-12-15(13-4-2-1-3-5-13)10-14(11-15)17-6-8-20-9-7-18-19-20/h1-5,7,9,14,17H,6,8,10-11H2. The Balaban J connectivity index is 1.51. The molecule has 0 unspecified atom stereocenters. The fraction of sp³-hybridized carbons (Fsp3) is 0.400. The fourth-order valence-corrected chi connectivity index (χ4v) is 2.81. The van der Waals surface area contributed by atoms with Crippen molar-refractivity contribution in [3.05, 3.63) is 48.3 Å². The molecule has 1 aromatic carbocycles. The lowest BCUT2D eigenvalue weighted by Crippen LogP contribution is -2.51. The van der Waals surface area contributed by atoms with E-state index in [1.807, 2.05) is 24.4 Å². The lowest BCUT2D eigenvalue weighted by Gasteiger charge is -2.43. The number of hydrogen-bond acceptors (Lipinski definition) is 4. The van der Waals surface area contributed by atoms with Gasteiger partial charge in [0.05, 0.1) is 24.2 Å². The highest BCUT2D eigenvalue weighted by molar-refractivity contribution is 5.36. The minimum Gasteiger partial charge on any atom is -0.312 e. The molecule has 0 radical (unpaired) electrons. The molecular weight excluding hydrogens is 250 g/mol. The summed E-state index contributed by atoms with van der Waals surface area (Å²) in [6, 6.07) is 13.0. The van der Waals surface area contributed by atoms with Crippen molar-refractivity contribution in [2.24, 2.45) is 0 Å². The molecule has 1 fully saturated rings. The first-order valence-electron chi connectivity index (χ1n) is 6.87. The first kappa shape index (κ1) is 12.8. The summed E-state index contributed by atoms with van der Waals surface area (Å²) < 4.78 is 1.81. The van der Waals surface area contributed by atoms with Gasteiger partial charge in [0.1, 0.15) is 0 Å². The zero-order valence-electron chi connectivity index (χ0n) is 11.2. The van der Waals surface area contributed by atoms with Gasteiger partial charge in [-0.05, 0) is 18.4 Å². The molecule has 1 N–H and O–H groups in total. The molecule has 0 amide bonds. The van der Waals surface area contributed by atoms with Crippen LogP contribution in [0.15, 0.2) is 42.7 Å². The van der Waals surface area contributed by atoms with E-state index >= 15 is 0 Å². The van der Waals surface area contributed by atoms with Gasteiger partial charge in [0.25, 0.3) is 0 Å². The second-order valence-electron chi connectivity index (χ2n) is 5.29. The van der Waals surface area contributed by atoms with Gasteiger partial charge < -0.3 is 5.32 Å². The van der Waals surface area contributed by atoms with Crippen molar-refractivity contribution < 1.29 is 0 Å². The highest BCUT2D eigenvalue weighted by Gasteiger charge is 2.45. The van der Waals surface area contributed by atoms with E-state index in [9.17, 15) is 5.26 Å². The maximum atomic E-state index is 9.48. The van der Waals surface area contributed by atoms with Crippen molar-refractivity contribution >= 4 is 0 Å². The molecule has 1 aromatic heterocycles. The van der Waals surface area contributed by atoms with Crippen LogP contribution < -0.4 is 5.32 Å². The summed E-state index contributed by atoms with van der Waals surface area (Å²) in [5.41, 5.74) is 0.837. The van der Waals surface area contributed by atoms with E-state index in [2.05, 4.69) is 33.8 Å². The second kappa shape index (κ2) is 5.43. The summed E-state index contributed by atoms with van der Waals surface area (Å²) in [4.78, 5) is 0. The van der Waals surface area contributed by atoms with Crippen LogP contribution in [0.2, 0.25) is 0 Å². The van der Waals surface area contributed by atoms with Crippen molar-refractivity contribution in [3.8, 4) is 6.07 Å². The Morgan fingerprint density at radius 2 is 2.15 bits per heavy atom. The van der Waals surface area contributed by atoms with Crippen molar-refractivity contribution in [3.63, 3.8) is 0 Å². The van der Waals surface area contributed by atoms with E-state index in [1.54, 1.807) is 10.9 Å². The normalized spacial score (nSPS) is 24.9. The zero-order valence-corrected chi connectivity index (χ0v) is 11.2. The van der Waals surface area contributed by atoms with Crippen LogP contribution in [0.25, 0.3) is 0 Å². The van der Waals surface area contributed by atoms with Gasteiger partial charge in [-0.1, -0.05) is 35.5 Å². The molecule has 2 aromatic rings. The maximum Gasteiger partial charge on any atom is 0.0852 e. The van der Waals surface area contributed by atoms with Crippen LogP contribution in [-0.2, 0) is 12.0 Å². The quantitative estimate of drug-likeness (QED) is 0.891. The Morgan fingerprint density at radius 3 is 2.80 bits per heavy atom. The summed E-state index contributed by atoms with van der Waals surface area (Å²) in [6.45, 7) is 1.66. The monoisotopic (exact) mass is 267 g/mol. The lowest BCUT2D eigenvalue weighted by molar-refractivity contribution is 0.224. The summed E-state index contributed by atoms with van der Waals surface area (Å²) in [6.07, 6.45) is 5.29. The van der Waals surface area contributed by atoms with Gasteiger partial charge in [0.15, 0.2) is 0 Å². The molecule has 5 heteroatoms. The first-order valence-corrected chi connectivity index (χ1v) is 6.87. The molecule has 0 atom stereocenters. The Morgan fingerprint density at radius 1 is 1.35 bits per heavy atom. The number of aromatic nitrogens is 3. The number of rotatable bonds is 5. The molecule has 0 saturated heterocycles. The third kappa shape index (κ3) is 2.43. The lowest BCUT2D eigenvalue weighted by atomic mass is 9.62. The van der Waals surface area contributed by atoms with Crippen LogP contribution in [-0.4, -0.2) is 27.6 Å². The smallest absolute Gasteiger partial charge is 0.0852 e. The molecule has 0 spiro atoms. The first-order chi connectivity index (χ1) is 9.82. The third-order valence-electron chi connectivity index (χ3n) is 3.98. The highest BCUT2D eigenvalue weighted by Crippen LogP contribution is 2.43. The van der Waals surface area contributed by atoms with Crippen molar-refractivity contribution in [1.29, 1.82) is 5.26 Å². The summed E-state index contributed by atoms with van der Waals surface area (Å²) in [5, 5.41) is 20.7. The minimum atomic E-state index is -0.299. The topological polar surface area (TPSA) is 66.5 Å². The molecule has 0 bridgehead atoms. The van der Waals surface area contributed by atoms with Crippen LogP contribution in [0.1, 0.15) is 18.4 Å². The van der Waals surface area contributed by atoms with Gasteiger partial charge in [-0.3, -0.25) is 4.68 Å². The molecule has 1 saturated carbocycles. The predicted molar refractivity (Wildman–Crippen MR) is 74.8 cm³/mol. The molecule has 1 aliphatic rings. The Kier molecular flexibility index (Phi) is 3.48. The number of hydrogen-bond donors (Lipinski definition) is 1. The molecule has 0 aliphatic heterocycles. The van der Waals surface area contributed by atoms with Gasteiger partial charge in [0, 0.05) is 18.8 Å². The van der Waals surface area contributed by atoms with Crippen LogP contribution in [0.5, 0.6) is 0 Å². The number of nitrogens with zero attached hydrogens (tertiary/aromatic N) is 4. The van der Waals surface area contributed by atoms with E-state index in [1.165, 1.54) is 0 Å². The summed E-state index contributed by atoms with van der Waals surface area (Å²) in [5.74, 6) is 0. The largest absolute Gasteiger partial charge is 0.312 e. The van der Waals surface area contributed by atoms with Crippen LogP contribution in [0, 0.1) is 11.3 Å². The van der Waals surface area contributed by atoms with Gasteiger partial charge in [-0.2, -0.15) is 5.26 Å². The Bertz CT molecular complexity index is 578. The van der Waals surface area contributed by atoms with Crippen LogP contribution >= 0.6 is 0 Å². The van der Waals surface area contributed by atoms with Gasteiger partial charge in [-0.25, -0.2) is 0 Å². The minimum absolute atomic E-state index is 0.299. The van der Waals surface area contributed by atoms with Crippen LogP contribution in [0.4, 0.5) is 0 Å². The third-order valence-corrected chi connectivity index (χ3v) is 3.98. The highest BCUT2D eigenvalue weighted by atomic mass is 15.4. The van der Waals surface area contributed by atoms with Crippen molar-refractivity contribution in [2.75, 3.05) is 6.54 Å². The predicted octanol–water partition coefficient (Wildman–Crippen LogP) is 1.49. The van der Waals surface area contributed by atoms with Gasteiger partial charge in [-0.15, -0.1) is 5.10 Å². The van der Waals surface area contributed by atoms with E-state index in [0.717, 1.165) is 31.5 Å². The molecule has 1 heterocycles. The van der Waals surface area contributed by atoms with Gasteiger partial charge >= 0.3 is 0 Å². The van der Waals surface area contributed by atoms with E-state index in [0.29, 0.717) is 6.04 Å². The maximum absolute atomic E-state index is 9.48. The SMILES string of the molecule is N#CC1(c2ccccc2)CC(NCCn2ccnn2)C1. The summed E-state index contributed by atoms with van der Waals surface area (Å²) in [7, 11) is 0. The van der Waals surface area contributed by atoms with E-state index < -0.39 is 0 Å². The zero-order chi connectivity index (χ0) is 13.8. The fourth-order valence-electron chi connectivity index (χ4n) is 2.81. The molecule has 5 nitrogen and oxygen atoms in total. The van der Waals surface area contributed by atoms with Crippen molar-refractivity contribution in [2.45, 2.75) is 30.8 Å².